The van der Waals surface area contributed by atoms with Gasteiger partial charge in [0, 0.05) is 35.8 Å². The first kappa shape index (κ1) is 13.2. The van der Waals surface area contributed by atoms with Crippen LogP contribution in [0.2, 0.25) is 0 Å². The second kappa shape index (κ2) is 4.82. The topological polar surface area (TPSA) is 42.7 Å². The highest BCUT2D eigenvalue weighted by atomic mass is 32.1. The smallest absolute Gasteiger partial charge is 0.114 e. The lowest BCUT2D eigenvalue weighted by molar-refractivity contribution is 0.539. The molecule has 1 unspecified atom stereocenters. The van der Waals surface area contributed by atoms with Crippen molar-refractivity contribution in [3.8, 4) is 0 Å². The highest BCUT2D eigenvalue weighted by molar-refractivity contribution is 7.09. The maximum atomic E-state index is 4.61. The third-order valence-electron chi connectivity index (χ3n) is 2.87. The minimum atomic E-state index is 0.0307. The van der Waals surface area contributed by atoms with Crippen molar-refractivity contribution < 1.29 is 0 Å². The number of hydrogen-bond donors (Lipinski definition) is 1. The Bertz CT molecular complexity index is 508. The van der Waals surface area contributed by atoms with Gasteiger partial charge in [-0.2, -0.15) is 5.10 Å². The number of thiazole rings is 1. The van der Waals surface area contributed by atoms with E-state index >= 15 is 0 Å². The predicted octanol–water partition coefficient (Wildman–Crippen LogP) is 2.48. The summed E-state index contributed by atoms with van der Waals surface area (Å²) in [7, 11) is 3.93. The van der Waals surface area contributed by atoms with E-state index in [1.807, 2.05) is 30.4 Å². The minimum absolute atomic E-state index is 0.0307. The van der Waals surface area contributed by atoms with Gasteiger partial charge in [0.2, 0.25) is 0 Å². The van der Waals surface area contributed by atoms with Crippen molar-refractivity contribution in [1.82, 2.24) is 20.1 Å². The molecule has 0 spiro atoms. The van der Waals surface area contributed by atoms with Gasteiger partial charge in [0.1, 0.15) is 5.01 Å². The molecule has 2 heterocycles. The third kappa shape index (κ3) is 2.47. The van der Waals surface area contributed by atoms with Crippen molar-refractivity contribution in [3.63, 3.8) is 0 Å². The Morgan fingerprint density at radius 2 is 2.11 bits per heavy atom. The van der Waals surface area contributed by atoms with Crippen molar-refractivity contribution in [2.24, 2.45) is 7.05 Å². The minimum Gasteiger partial charge on any atom is -0.307 e. The Labute approximate surface area is 112 Å². The zero-order valence-corrected chi connectivity index (χ0v) is 12.4. The molecule has 0 radical (unpaired) electrons. The highest BCUT2D eigenvalue weighted by Gasteiger charge is 2.27. The first-order chi connectivity index (χ1) is 8.43. The van der Waals surface area contributed by atoms with Gasteiger partial charge in [0.05, 0.1) is 11.7 Å². The molecular weight excluding hydrogens is 244 g/mol. The molecule has 5 heteroatoms. The Hall–Kier alpha value is -1.20. The number of aromatic nitrogens is 3. The second-order valence-corrected chi connectivity index (χ2v) is 6.37. The summed E-state index contributed by atoms with van der Waals surface area (Å²) in [6.45, 7) is 6.56. The van der Waals surface area contributed by atoms with Gasteiger partial charge < -0.3 is 5.32 Å². The number of rotatable bonds is 3. The SMILES string of the molecule is CNC(c1nccs1)c1cn(C)nc1C(C)(C)C. The Morgan fingerprint density at radius 1 is 1.39 bits per heavy atom. The van der Waals surface area contributed by atoms with Gasteiger partial charge >= 0.3 is 0 Å². The highest BCUT2D eigenvalue weighted by Crippen LogP contribution is 2.32. The molecule has 0 fully saturated rings. The molecule has 18 heavy (non-hydrogen) atoms. The van der Waals surface area contributed by atoms with E-state index < -0.39 is 0 Å². The van der Waals surface area contributed by atoms with Gasteiger partial charge in [-0.3, -0.25) is 4.68 Å². The lowest BCUT2D eigenvalue weighted by Crippen LogP contribution is -2.22. The molecule has 2 aromatic heterocycles. The summed E-state index contributed by atoms with van der Waals surface area (Å²) >= 11 is 1.67. The van der Waals surface area contributed by atoms with Gasteiger partial charge in [-0.25, -0.2) is 4.98 Å². The Morgan fingerprint density at radius 3 is 2.61 bits per heavy atom. The van der Waals surface area contributed by atoms with Gasteiger partial charge in [-0.1, -0.05) is 20.8 Å². The van der Waals surface area contributed by atoms with E-state index in [2.05, 4.69) is 42.4 Å². The summed E-state index contributed by atoms with van der Waals surface area (Å²) in [5.41, 5.74) is 2.37. The zero-order chi connectivity index (χ0) is 13.3. The van der Waals surface area contributed by atoms with Crippen LogP contribution in [-0.2, 0) is 12.5 Å². The molecule has 0 aliphatic heterocycles. The first-order valence-corrected chi connectivity index (χ1v) is 6.92. The molecule has 0 saturated carbocycles. The van der Waals surface area contributed by atoms with E-state index in [9.17, 15) is 0 Å². The first-order valence-electron chi connectivity index (χ1n) is 6.04. The van der Waals surface area contributed by atoms with Crippen LogP contribution in [0.1, 0.15) is 43.1 Å². The summed E-state index contributed by atoms with van der Waals surface area (Å²) in [6, 6.07) is 0.118. The Kier molecular flexibility index (Phi) is 3.54. The maximum Gasteiger partial charge on any atom is 0.114 e. The number of nitrogens with one attached hydrogen (secondary N) is 1. The second-order valence-electron chi connectivity index (χ2n) is 5.45. The molecule has 0 aromatic carbocycles. The molecule has 0 saturated heterocycles. The van der Waals surface area contributed by atoms with Crippen molar-refractivity contribution in [2.75, 3.05) is 7.05 Å². The summed E-state index contributed by atoms with van der Waals surface area (Å²) in [4.78, 5) is 4.42. The lowest BCUT2D eigenvalue weighted by atomic mass is 9.87. The average Bonchev–Trinajstić information content (AvgIpc) is 2.88. The van der Waals surface area contributed by atoms with Crippen LogP contribution in [0.5, 0.6) is 0 Å². The molecule has 1 atom stereocenters. The van der Waals surface area contributed by atoms with Gasteiger partial charge in [-0.15, -0.1) is 11.3 Å². The van der Waals surface area contributed by atoms with Crippen LogP contribution in [0.4, 0.5) is 0 Å². The molecule has 0 aliphatic rings. The van der Waals surface area contributed by atoms with Crippen molar-refractivity contribution in [1.29, 1.82) is 0 Å². The summed E-state index contributed by atoms with van der Waals surface area (Å²) in [5, 5.41) is 11.0. The molecule has 1 N–H and O–H groups in total. The quantitative estimate of drug-likeness (QED) is 0.926. The van der Waals surface area contributed by atoms with E-state index in [0.29, 0.717) is 0 Å². The van der Waals surface area contributed by atoms with E-state index in [4.69, 9.17) is 0 Å². The van der Waals surface area contributed by atoms with E-state index in [0.717, 1.165) is 10.7 Å². The summed E-state index contributed by atoms with van der Waals surface area (Å²) < 4.78 is 1.88. The molecule has 0 bridgehead atoms. The normalized spacial score (nSPS) is 13.8. The maximum absolute atomic E-state index is 4.61. The van der Waals surface area contributed by atoms with Crippen LogP contribution >= 0.6 is 11.3 Å². The third-order valence-corrected chi connectivity index (χ3v) is 3.71. The van der Waals surface area contributed by atoms with Crippen molar-refractivity contribution in [3.05, 3.63) is 34.0 Å². The van der Waals surface area contributed by atoms with Crippen LogP contribution in [0.15, 0.2) is 17.8 Å². The van der Waals surface area contributed by atoms with Crippen molar-refractivity contribution >= 4 is 11.3 Å². The van der Waals surface area contributed by atoms with Crippen LogP contribution < -0.4 is 5.32 Å². The fourth-order valence-electron chi connectivity index (χ4n) is 2.09. The lowest BCUT2D eigenvalue weighted by Gasteiger charge is -2.21. The molecule has 2 aromatic rings. The van der Waals surface area contributed by atoms with E-state index in [-0.39, 0.29) is 11.5 Å². The largest absolute Gasteiger partial charge is 0.307 e. The average molecular weight is 264 g/mol. The van der Waals surface area contributed by atoms with Gasteiger partial charge in [-0.05, 0) is 7.05 Å². The fraction of sp³-hybridized carbons (Fsp3) is 0.538. The molecule has 0 amide bonds. The van der Waals surface area contributed by atoms with Crippen LogP contribution in [0, 0.1) is 0 Å². The zero-order valence-electron chi connectivity index (χ0n) is 11.6. The van der Waals surface area contributed by atoms with Gasteiger partial charge in [0.25, 0.3) is 0 Å². The van der Waals surface area contributed by atoms with Crippen LogP contribution in [-0.4, -0.2) is 21.8 Å². The number of aryl methyl sites for hydroxylation is 1. The number of hydrogen-bond acceptors (Lipinski definition) is 4. The predicted molar refractivity (Wildman–Crippen MR) is 74.9 cm³/mol. The van der Waals surface area contributed by atoms with E-state index in [1.165, 1.54) is 5.56 Å². The summed E-state index contributed by atoms with van der Waals surface area (Å²) in [6.07, 6.45) is 3.93. The fourth-order valence-corrected chi connectivity index (χ4v) is 2.85. The summed E-state index contributed by atoms with van der Waals surface area (Å²) in [5.74, 6) is 0. The molecule has 98 valence electrons. The molecule has 0 aliphatic carbocycles. The molecule has 4 nitrogen and oxygen atoms in total. The number of nitrogens with zero attached hydrogens (tertiary/aromatic N) is 3. The van der Waals surface area contributed by atoms with E-state index in [1.54, 1.807) is 11.3 Å². The van der Waals surface area contributed by atoms with Crippen LogP contribution in [0.25, 0.3) is 0 Å². The standard InChI is InChI=1S/C13H20N4S/c1-13(2,3)11-9(8-17(5)16-11)10(14-4)12-15-6-7-18-12/h6-8,10,14H,1-5H3. The van der Waals surface area contributed by atoms with Crippen LogP contribution in [0.3, 0.4) is 0 Å². The Balaban J connectivity index is 2.49. The van der Waals surface area contributed by atoms with Gasteiger partial charge in [0.15, 0.2) is 0 Å². The molecular formula is C13H20N4S. The monoisotopic (exact) mass is 264 g/mol. The van der Waals surface area contributed by atoms with Crippen molar-refractivity contribution in [2.45, 2.75) is 32.2 Å². The molecule has 2 rings (SSSR count).